The Balaban J connectivity index is 2.08. The monoisotopic (exact) mass is 365 g/mol. The molecule has 1 aliphatic heterocycles. The Morgan fingerprint density at radius 3 is 3.18 bits per heavy atom. The zero-order valence-corrected chi connectivity index (χ0v) is 14.1. The second-order valence-corrected chi connectivity index (χ2v) is 6.49. The highest BCUT2D eigenvalue weighted by molar-refractivity contribution is 9.10. The van der Waals surface area contributed by atoms with E-state index in [0.717, 1.165) is 52.8 Å². The van der Waals surface area contributed by atoms with E-state index in [2.05, 4.69) is 36.1 Å². The first-order valence-corrected chi connectivity index (χ1v) is 8.35. The molecule has 1 saturated heterocycles. The van der Waals surface area contributed by atoms with Crippen LogP contribution in [-0.2, 0) is 4.79 Å². The summed E-state index contributed by atoms with van der Waals surface area (Å²) in [6.45, 7) is 3.60. The molecular formula is C15H20BrN5O. The van der Waals surface area contributed by atoms with Gasteiger partial charge in [-0.3, -0.25) is 4.79 Å². The average molecular weight is 366 g/mol. The standard InChI is InChI=1S/C15H20BrN5O/c1-2-12(22)20-11-7-19-15-13(11)14(10(16)6-18-15)21-5-3-4-9(17)8-21/h6-7,9H,2-5,8,17H2,1H3,(H,18,19)(H,20,22)/t9-/m1/s1. The summed E-state index contributed by atoms with van der Waals surface area (Å²) in [4.78, 5) is 21.6. The topological polar surface area (TPSA) is 87.0 Å². The molecule has 2 aromatic heterocycles. The number of fused-ring (bicyclic) bond motifs is 1. The zero-order chi connectivity index (χ0) is 15.7. The molecule has 0 bridgehead atoms. The third kappa shape index (κ3) is 2.83. The maximum Gasteiger partial charge on any atom is 0.224 e. The number of halogens is 1. The number of nitrogens with two attached hydrogens (primary N) is 1. The van der Waals surface area contributed by atoms with Gasteiger partial charge in [0.05, 0.1) is 21.2 Å². The van der Waals surface area contributed by atoms with Crippen molar-refractivity contribution in [3.05, 3.63) is 16.9 Å². The molecule has 0 unspecified atom stereocenters. The first-order valence-electron chi connectivity index (χ1n) is 7.56. The lowest BCUT2D eigenvalue weighted by Gasteiger charge is -2.33. The fourth-order valence-electron chi connectivity index (χ4n) is 2.92. The summed E-state index contributed by atoms with van der Waals surface area (Å²) in [6, 6.07) is 0.177. The lowest BCUT2D eigenvalue weighted by Crippen LogP contribution is -2.43. The van der Waals surface area contributed by atoms with Gasteiger partial charge in [-0.25, -0.2) is 4.98 Å². The fraction of sp³-hybridized carbons (Fsp3) is 0.467. The Morgan fingerprint density at radius 2 is 2.45 bits per heavy atom. The van der Waals surface area contributed by atoms with Crippen LogP contribution in [0.25, 0.3) is 11.0 Å². The Labute approximate surface area is 137 Å². The fourth-order valence-corrected chi connectivity index (χ4v) is 3.47. The molecule has 3 heterocycles. The smallest absolute Gasteiger partial charge is 0.224 e. The normalized spacial score (nSPS) is 18.7. The van der Waals surface area contributed by atoms with Crippen LogP contribution in [0.4, 0.5) is 11.4 Å². The molecule has 1 amide bonds. The minimum atomic E-state index is -0.0119. The van der Waals surface area contributed by atoms with Gasteiger partial charge in [0.15, 0.2) is 0 Å². The van der Waals surface area contributed by atoms with Crippen molar-refractivity contribution >= 4 is 44.2 Å². The van der Waals surface area contributed by atoms with Crippen molar-refractivity contribution in [2.45, 2.75) is 32.2 Å². The van der Waals surface area contributed by atoms with Crippen LogP contribution in [0.3, 0.4) is 0 Å². The number of piperidine rings is 1. The van der Waals surface area contributed by atoms with E-state index in [1.54, 1.807) is 12.4 Å². The highest BCUT2D eigenvalue weighted by Crippen LogP contribution is 2.38. The molecule has 0 radical (unpaired) electrons. The molecule has 6 nitrogen and oxygen atoms in total. The average Bonchev–Trinajstić information content (AvgIpc) is 2.90. The number of anilines is 2. The number of carbonyl (C=O) groups excluding carboxylic acids is 1. The number of nitrogens with zero attached hydrogens (tertiary/aromatic N) is 2. The minimum absolute atomic E-state index is 0.0119. The molecule has 1 aliphatic rings. The van der Waals surface area contributed by atoms with Crippen LogP contribution in [0.5, 0.6) is 0 Å². The van der Waals surface area contributed by atoms with Crippen LogP contribution in [-0.4, -0.2) is 35.0 Å². The summed E-state index contributed by atoms with van der Waals surface area (Å²) in [5, 5.41) is 3.88. The SMILES string of the molecule is CCC(=O)Nc1c[nH]c2ncc(Br)c(N3CCC[C@@H](N)C3)c12. The Hall–Kier alpha value is -1.60. The molecule has 2 aromatic rings. The lowest BCUT2D eigenvalue weighted by atomic mass is 10.1. The van der Waals surface area contributed by atoms with Crippen LogP contribution >= 0.6 is 15.9 Å². The summed E-state index contributed by atoms with van der Waals surface area (Å²) in [7, 11) is 0. The van der Waals surface area contributed by atoms with E-state index in [1.807, 2.05) is 6.92 Å². The first kappa shape index (κ1) is 15.3. The molecule has 3 rings (SSSR count). The van der Waals surface area contributed by atoms with Crippen molar-refractivity contribution in [2.75, 3.05) is 23.3 Å². The summed E-state index contributed by atoms with van der Waals surface area (Å²) in [6.07, 6.45) is 6.15. The van der Waals surface area contributed by atoms with Crippen molar-refractivity contribution in [1.29, 1.82) is 0 Å². The highest BCUT2D eigenvalue weighted by atomic mass is 79.9. The summed E-state index contributed by atoms with van der Waals surface area (Å²) in [5.41, 5.74) is 8.71. The van der Waals surface area contributed by atoms with Crippen molar-refractivity contribution in [3.63, 3.8) is 0 Å². The number of aromatic nitrogens is 2. The predicted octanol–water partition coefficient (Wildman–Crippen LogP) is 2.60. The van der Waals surface area contributed by atoms with E-state index in [0.29, 0.717) is 6.42 Å². The van der Waals surface area contributed by atoms with E-state index in [4.69, 9.17) is 5.73 Å². The van der Waals surface area contributed by atoms with E-state index in [9.17, 15) is 4.79 Å². The largest absolute Gasteiger partial charge is 0.368 e. The quantitative estimate of drug-likeness (QED) is 0.779. The molecule has 22 heavy (non-hydrogen) atoms. The zero-order valence-electron chi connectivity index (χ0n) is 12.5. The van der Waals surface area contributed by atoms with Crippen molar-refractivity contribution in [1.82, 2.24) is 9.97 Å². The molecule has 0 aromatic carbocycles. The van der Waals surface area contributed by atoms with Gasteiger partial charge < -0.3 is 20.9 Å². The van der Waals surface area contributed by atoms with Crippen LogP contribution in [0.2, 0.25) is 0 Å². The van der Waals surface area contributed by atoms with E-state index >= 15 is 0 Å². The Morgan fingerprint density at radius 1 is 1.64 bits per heavy atom. The molecular weight excluding hydrogens is 346 g/mol. The van der Waals surface area contributed by atoms with Crippen LogP contribution in [0, 0.1) is 0 Å². The maximum absolute atomic E-state index is 11.8. The number of H-pyrrole nitrogens is 1. The summed E-state index contributed by atoms with van der Waals surface area (Å²) in [5.74, 6) is -0.0119. The van der Waals surface area contributed by atoms with Gasteiger partial charge in [0.2, 0.25) is 5.91 Å². The van der Waals surface area contributed by atoms with Crippen LogP contribution in [0.15, 0.2) is 16.9 Å². The number of nitrogens with one attached hydrogen (secondary N) is 2. The molecule has 1 atom stereocenters. The van der Waals surface area contributed by atoms with Gasteiger partial charge in [-0.2, -0.15) is 0 Å². The Kier molecular flexibility index (Phi) is 4.35. The van der Waals surface area contributed by atoms with Gasteiger partial charge >= 0.3 is 0 Å². The first-order chi connectivity index (χ1) is 10.6. The molecule has 0 spiro atoms. The van der Waals surface area contributed by atoms with Gasteiger partial charge in [0, 0.05) is 37.9 Å². The number of aromatic amines is 1. The number of rotatable bonds is 3. The third-order valence-corrected chi connectivity index (χ3v) is 4.58. The van der Waals surface area contributed by atoms with Crippen LogP contribution < -0.4 is 16.0 Å². The second-order valence-electron chi connectivity index (χ2n) is 5.63. The van der Waals surface area contributed by atoms with Crippen molar-refractivity contribution in [3.8, 4) is 0 Å². The molecule has 118 valence electrons. The van der Waals surface area contributed by atoms with Crippen LogP contribution in [0.1, 0.15) is 26.2 Å². The number of amides is 1. The summed E-state index contributed by atoms with van der Waals surface area (Å²) >= 11 is 3.60. The van der Waals surface area contributed by atoms with Crippen molar-refractivity contribution < 1.29 is 4.79 Å². The van der Waals surface area contributed by atoms with Gasteiger partial charge in [-0.05, 0) is 28.8 Å². The number of hydrogen-bond donors (Lipinski definition) is 3. The third-order valence-electron chi connectivity index (χ3n) is 4.00. The molecule has 7 heteroatoms. The highest BCUT2D eigenvalue weighted by Gasteiger charge is 2.23. The molecule has 0 saturated carbocycles. The predicted molar refractivity (Wildman–Crippen MR) is 92.1 cm³/mol. The molecule has 4 N–H and O–H groups in total. The van der Waals surface area contributed by atoms with Gasteiger partial charge in [-0.1, -0.05) is 6.92 Å². The molecule has 1 fully saturated rings. The Bertz CT molecular complexity index is 699. The van der Waals surface area contributed by atoms with Gasteiger partial charge in [-0.15, -0.1) is 0 Å². The maximum atomic E-state index is 11.8. The van der Waals surface area contributed by atoms with Gasteiger partial charge in [0.1, 0.15) is 5.65 Å². The number of pyridine rings is 1. The van der Waals surface area contributed by atoms with Gasteiger partial charge in [0.25, 0.3) is 0 Å². The lowest BCUT2D eigenvalue weighted by molar-refractivity contribution is -0.115. The molecule has 0 aliphatic carbocycles. The second kappa shape index (κ2) is 6.26. The minimum Gasteiger partial charge on any atom is -0.368 e. The van der Waals surface area contributed by atoms with E-state index < -0.39 is 0 Å². The van der Waals surface area contributed by atoms with Crippen molar-refractivity contribution in [2.24, 2.45) is 5.73 Å². The van der Waals surface area contributed by atoms with E-state index in [1.165, 1.54) is 0 Å². The van der Waals surface area contributed by atoms with E-state index in [-0.39, 0.29) is 11.9 Å². The number of carbonyl (C=O) groups is 1. The summed E-state index contributed by atoms with van der Waals surface area (Å²) < 4.78 is 0.917. The number of hydrogen-bond acceptors (Lipinski definition) is 4.